The van der Waals surface area contributed by atoms with Crippen molar-refractivity contribution in [1.82, 2.24) is 18.9 Å². The van der Waals surface area contributed by atoms with Gasteiger partial charge in [-0.2, -0.15) is 4.57 Å². The summed E-state index contributed by atoms with van der Waals surface area (Å²) in [6.45, 7) is 2.71. The lowest BCUT2D eigenvalue weighted by Crippen LogP contribution is -2.33. The second-order valence-electron chi connectivity index (χ2n) is 8.81. The van der Waals surface area contributed by atoms with Gasteiger partial charge in [0.05, 0.1) is 31.0 Å². The van der Waals surface area contributed by atoms with E-state index in [-0.39, 0.29) is 31.2 Å². The lowest BCUT2D eigenvalue weighted by Gasteiger charge is -2.23. The molecule has 1 fully saturated rings. The number of benzene rings is 1. The monoisotopic (exact) mass is 496 g/mol. The molecule has 3 aromatic rings. The number of pyridine rings is 1. The molecule has 0 radical (unpaired) electrons. The van der Waals surface area contributed by atoms with Crippen LogP contribution >= 0.6 is 0 Å². The molecule has 0 unspecified atom stereocenters. The van der Waals surface area contributed by atoms with Crippen LogP contribution in [-0.2, 0) is 22.6 Å². The maximum Gasteiger partial charge on any atom is 0.414 e. The number of hydrogen-bond donors (Lipinski definition) is 0. The third kappa shape index (κ3) is 4.30. The molecule has 11 nitrogen and oxygen atoms in total. The summed E-state index contributed by atoms with van der Waals surface area (Å²) in [7, 11) is 0. The van der Waals surface area contributed by atoms with Crippen LogP contribution in [0.25, 0.3) is 5.82 Å². The van der Waals surface area contributed by atoms with Gasteiger partial charge in [-0.05, 0) is 43.7 Å². The Bertz CT molecular complexity index is 1390. The van der Waals surface area contributed by atoms with Gasteiger partial charge in [0.15, 0.2) is 0 Å². The molecule has 0 N–H and O–H groups in total. The molecule has 2 aromatic heterocycles. The van der Waals surface area contributed by atoms with E-state index in [2.05, 4.69) is 4.98 Å². The van der Waals surface area contributed by atoms with Crippen LogP contribution in [0.1, 0.15) is 19.8 Å². The highest BCUT2D eigenvalue weighted by Gasteiger charge is 2.33. The van der Waals surface area contributed by atoms with E-state index in [0.717, 1.165) is 4.57 Å². The molecule has 1 saturated heterocycles. The maximum atomic E-state index is 15.2. The molecule has 36 heavy (non-hydrogen) atoms. The van der Waals surface area contributed by atoms with Crippen molar-refractivity contribution in [3.8, 4) is 5.82 Å². The predicted molar refractivity (Wildman–Crippen MR) is 128 cm³/mol. The molecule has 2 aliphatic heterocycles. The summed E-state index contributed by atoms with van der Waals surface area (Å²) >= 11 is 0. The largest absolute Gasteiger partial charge is 0.444 e. The molecular formula is C24H25FN6O5. The number of aromatic nitrogens is 4. The van der Waals surface area contributed by atoms with Gasteiger partial charge in [0.25, 0.3) is 0 Å². The molecule has 0 spiro atoms. The van der Waals surface area contributed by atoms with Crippen molar-refractivity contribution in [2.45, 2.75) is 39.0 Å². The van der Waals surface area contributed by atoms with E-state index in [0.29, 0.717) is 37.3 Å². The Morgan fingerprint density at radius 1 is 1.06 bits per heavy atom. The van der Waals surface area contributed by atoms with Crippen LogP contribution in [0.4, 0.5) is 20.6 Å². The zero-order chi connectivity index (χ0) is 25.4. The molecule has 1 aromatic carbocycles. The van der Waals surface area contributed by atoms with Gasteiger partial charge in [0, 0.05) is 25.7 Å². The molecule has 0 bridgehead atoms. The van der Waals surface area contributed by atoms with Crippen molar-refractivity contribution in [1.29, 1.82) is 0 Å². The second-order valence-corrected chi connectivity index (χ2v) is 8.81. The lowest BCUT2D eigenvalue weighted by atomic mass is 10.1. The van der Waals surface area contributed by atoms with Crippen molar-refractivity contribution < 1.29 is 18.7 Å². The number of Topliss-reactive ketones (excluding diaryl/α,β-unsaturated/α-hetero) is 1. The standard InChI is InChI=1S/C24H25FN6O5/c1-16(32)5-7-18-15-28(24(35)36-18)17-6-8-20(19(25)14-17)27-10-12-29-22(33)31(21-4-2-3-9-26-21)23(34)30(29)13-11-27/h2-4,6,8-9,14,18H,5,7,10-13,15H2,1H3/t18-/m0/s1. The van der Waals surface area contributed by atoms with Crippen molar-refractivity contribution in [3.05, 3.63) is 69.4 Å². The fraction of sp³-hybridized carbons (Fsp3) is 0.375. The Kier molecular flexibility index (Phi) is 6.17. The SMILES string of the molecule is CC(=O)CC[C@H]1CN(c2ccc(N3CCn4c(=O)n(-c5ccccn5)c(=O)n4CC3)c(F)c2)C(=O)O1. The van der Waals surface area contributed by atoms with E-state index in [9.17, 15) is 19.2 Å². The van der Waals surface area contributed by atoms with Gasteiger partial charge in [-0.1, -0.05) is 6.07 Å². The van der Waals surface area contributed by atoms with Crippen LogP contribution in [0.15, 0.2) is 52.2 Å². The Morgan fingerprint density at radius 3 is 2.39 bits per heavy atom. The summed E-state index contributed by atoms with van der Waals surface area (Å²) in [5.74, 6) is -0.262. The van der Waals surface area contributed by atoms with Crippen LogP contribution in [-0.4, -0.2) is 56.5 Å². The number of carbonyl (C=O) groups is 2. The first-order valence-corrected chi connectivity index (χ1v) is 11.7. The Morgan fingerprint density at radius 2 is 1.78 bits per heavy atom. The average Bonchev–Trinajstić information content (AvgIpc) is 3.23. The molecule has 1 amide bonds. The zero-order valence-electron chi connectivity index (χ0n) is 19.7. The third-order valence-electron chi connectivity index (χ3n) is 6.43. The van der Waals surface area contributed by atoms with E-state index >= 15 is 4.39 Å². The molecular weight excluding hydrogens is 471 g/mol. The smallest absolute Gasteiger partial charge is 0.414 e. The van der Waals surface area contributed by atoms with Crippen molar-refractivity contribution >= 4 is 23.3 Å². The Labute approximate surface area is 204 Å². The van der Waals surface area contributed by atoms with Crippen LogP contribution in [0, 0.1) is 5.82 Å². The highest BCUT2D eigenvalue weighted by molar-refractivity contribution is 5.90. The van der Waals surface area contributed by atoms with Crippen molar-refractivity contribution in [2.75, 3.05) is 29.4 Å². The average molecular weight is 496 g/mol. The highest BCUT2D eigenvalue weighted by atomic mass is 19.1. The molecule has 0 saturated carbocycles. The fourth-order valence-electron chi connectivity index (χ4n) is 4.58. The van der Waals surface area contributed by atoms with Gasteiger partial charge >= 0.3 is 17.5 Å². The molecule has 188 valence electrons. The number of carbonyl (C=O) groups excluding carboxylic acids is 2. The number of anilines is 2. The first-order chi connectivity index (χ1) is 17.3. The summed E-state index contributed by atoms with van der Waals surface area (Å²) in [4.78, 5) is 56.6. The highest BCUT2D eigenvalue weighted by Crippen LogP contribution is 2.29. The number of halogens is 1. The number of fused-ring (bicyclic) bond motifs is 1. The van der Waals surface area contributed by atoms with Crippen molar-refractivity contribution in [2.24, 2.45) is 0 Å². The number of cyclic esters (lactones) is 1. The first kappa shape index (κ1) is 23.5. The van der Waals surface area contributed by atoms with Crippen LogP contribution in [0.5, 0.6) is 0 Å². The summed E-state index contributed by atoms with van der Waals surface area (Å²) < 4.78 is 24.2. The van der Waals surface area contributed by atoms with Gasteiger partial charge in [0.1, 0.15) is 23.5 Å². The van der Waals surface area contributed by atoms with Crippen LogP contribution in [0.2, 0.25) is 0 Å². The van der Waals surface area contributed by atoms with Gasteiger partial charge in [-0.15, -0.1) is 0 Å². The normalized spacial score (nSPS) is 17.6. The number of ether oxygens (including phenoxy) is 1. The molecule has 4 heterocycles. The lowest BCUT2D eigenvalue weighted by molar-refractivity contribution is -0.117. The fourth-order valence-corrected chi connectivity index (χ4v) is 4.58. The molecule has 1 atom stereocenters. The second kappa shape index (κ2) is 9.44. The Hall–Kier alpha value is -4.22. The van der Waals surface area contributed by atoms with E-state index < -0.39 is 29.4 Å². The quantitative estimate of drug-likeness (QED) is 0.509. The molecule has 2 aliphatic rings. The van der Waals surface area contributed by atoms with E-state index in [1.807, 2.05) is 0 Å². The van der Waals surface area contributed by atoms with E-state index in [4.69, 9.17) is 4.74 Å². The summed E-state index contributed by atoms with van der Waals surface area (Å²) in [6, 6.07) is 9.48. The Balaban J connectivity index is 1.32. The minimum absolute atomic E-state index is 0.0157. The topological polar surface area (TPSA) is 112 Å². The summed E-state index contributed by atoms with van der Waals surface area (Å²) in [6.07, 6.45) is 1.25. The van der Waals surface area contributed by atoms with Crippen molar-refractivity contribution in [3.63, 3.8) is 0 Å². The van der Waals surface area contributed by atoms with Gasteiger partial charge < -0.3 is 14.4 Å². The molecule has 5 rings (SSSR count). The number of nitrogens with zero attached hydrogens (tertiary/aromatic N) is 6. The minimum Gasteiger partial charge on any atom is -0.444 e. The maximum absolute atomic E-state index is 15.2. The molecule has 12 heteroatoms. The number of amides is 1. The number of rotatable bonds is 6. The molecule has 0 aliphatic carbocycles. The van der Waals surface area contributed by atoms with Gasteiger partial charge in [0.2, 0.25) is 0 Å². The summed E-state index contributed by atoms with van der Waals surface area (Å²) in [5.41, 5.74) is -0.322. The first-order valence-electron chi connectivity index (χ1n) is 11.7. The van der Waals surface area contributed by atoms with Gasteiger partial charge in [-0.3, -0.25) is 4.90 Å². The van der Waals surface area contributed by atoms with E-state index in [1.165, 1.54) is 33.5 Å². The predicted octanol–water partition coefficient (Wildman–Crippen LogP) is 1.55. The third-order valence-corrected chi connectivity index (χ3v) is 6.43. The van der Waals surface area contributed by atoms with Crippen LogP contribution in [0.3, 0.4) is 0 Å². The van der Waals surface area contributed by atoms with Gasteiger partial charge in [-0.25, -0.2) is 33.1 Å². The van der Waals surface area contributed by atoms with E-state index in [1.54, 1.807) is 35.2 Å². The minimum atomic E-state index is -0.576. The number of hydrogen-bond acceptors (Lipinski definition) is 7. The summed E-state index contributed by atoms with van der Waals surface area (Å²) in [5, 5.41) is 0. The zero-order valence-corrected chi connectivity index (χ0v) is 19.7. The van der Waals surface area contributed by atoms with Crippen LogP contribution < -0.4 is 21.2 Å². The number of ketones is 1.